The van der Waals surface area contributed by atoms with Crippen LogP contribution in [0.2, 0.25) is 0 Å². The van der Waals surface area contributed by atoms with Crippen LogP contribution in [-0.4, -0.2) is 60.1 Å². The number of hydrogen-bond donors (Lipinski definition) is 4. The highest BCUT2D eigenvalue weighted by Crippen LogP contribution is 2.51. The zero-order valence-corrected chi connectivity index (χ0v) is 15.8. The Hall–Kier alpha value is -2.16. The molecule has 0 saturated heterocycles. The second-order valence-electron chi connectivity index (χ2n) is 6.96. The van der Waals surface area contributed by atoms with Gasteiger partial charge in [-0.25, -0.2) is 4.79 Å². The van der Waals surface area contributed by atoms with E-state index in [0.717, 1.165) is 0 Å². The molecule has 0 aliphatic heterocycles. The van der Waals surface area contributed by atoms with E-state index in [1.807, 2.05) is 6.92 Å². The largest absolute Gasteiger partial charge is 0.479 e. The van der Waals surface area contributed by atoms with Crippen molar-refractivity contribution in [3.8, 4) is 0 Å². The van der Waals surface area contributed by atoms with Crippen LogP contribution in [0.5, 0.6) is 0 Å². The average molecular weight is 371 g/mol. The van der Waals surface area contributed by atoms with Crippen molar-refractivity contribution in [3.05, 3.63) is 0 Å². The third-order valence-electron chi connectivity index (χ3n) is 4.88. The molecule has 0 aromatic rings. The van der Waals surface area contributed by atoms with Gasteiger partial charge in [-0.2, -0.15) is 0 Å². The molecular weight excluding hydrogens is 342 g/mol. The van der Waals surface area contributed by atoms with Gasteiger partial charge in [0, 0.05) is 51.3 Å². The Bertz CT molecular complexity index is 563. The standard InChI is InChI=1S/C17H29N3O6/c1-5-26-12-10-17(15(24)25,16(12,3)4)20-14(23)7-6-13(22)19-9-8-18-11(2)21/h12H,5-10H2,1-4H3,(H,18,21)(H,19,22)(H,20,23)(H,24,25). The maximum Gasteiger partial charge on any atom is 0.330 e. The molecule has 0 bridgehead atoms. The van der Waals surface area contributed by atoms with E-state index in [2.05, 4.69) is 16.0 Å². The van der Waals surface area contributed by atoms with E-state index in [9.17, 15) is 24.3 Å². The van der Waals surface area contributed by atoms with Crippen molar-refractivity contribution < 1.29 is 29.0 Å². The van der Waals surface area contributed by atoms with E-state index < -0.39 is 22.8 Å². The summed E-state index contributed by atoms with van der Waals surface area (Å²) < 4.78 is 5.54. The summed E-state index contributed by atoms with van der Waals surface area (Å²) in [5.41, 5.74) is -2.16. The summed E-state index contributed by atoms with van der Waals surface area (Å²) >= 11 is 0. The van der Waals surface area contributed by atoms with E-state index in [1.165, 1.54) is 6.92 Å². The predicted molar refractivity (Wildman–Crippen MR) is 93.2 cm³/mol. The van der Waals surface area contributed by atoms with Gasteiger partial charge in [0.15, 0.2) is 0 Å². The topological polar surface area (TPSA) is 134 Å². The molecule has 0 heterocycles. The van der Waals surface area contributed by atoms with Gasteiger partial charge in [0.2, 0.25) is 17.7 Å². The molecule has 26 heavy (non-hydrogen) atoms. The van der Waals surface area contributed by atoms with Gasteiger partial charge in [-0.15, -0.1) is 0 Å². The zero-order valence-electron chi connectivity index (χ0n) is 15.8. The van der Waals surface area contributed by atoms with Crippen molar-refractivity contribution >= 4 is 23.7 Å². The van der Waals surface area contributed by atoms with Crippen molar-refractivity contribution in [1.29, 1.82) is 0 Å². The highest BCUT2D eigenvalue weighted by Gasteiger charge is 2.66. The van der Waals surface area contributed by atoms with Gasteiger partial charge in [0.1, 0.15) is 5.54 Å². The lowest BCUT2D eigenvalue weighted by atomic mass is 9.54. The normalized spacial score (nSPS) is 23.5. The summed E-state index contributed by atoms with van der Waals surface area (Å²) in [6.07, 6.45) is -0.230. The van der Waals surface area contributed by atoms with Crippen LogP contribution in [0.1, 0.15) is 47.0 Å². The molecule has 0 aromatic carbocycles. The number of rotatable bonds is 10. The maximum absolute atomic E-state index is 12.2. The van der Waals surface area contributed by atoms with Gasteiger partial charge >= 0.3 is 5.97 Å². The van der Waals surface area contributed by atoms with Gasteiger partial charge in [0.25, 0.3) is 0 Å². The summed E-state index contributed by atoms with van der Waals surface area (Å²) in [5.74, 6) is -2.12. The number of hydrogen-bond acceptors (Lipinski definition) is 5. The van der Waals surface area contributed by atoms with Crippen LogP contribution >= 0.6 is 0 Å². The predicted octanol–water partition coefficient (Wildman–Crippen LogP) is -0.206. The number of carboxylic acids is 1. The number of carbonyl (C=O) groups excluding carboxylic acids is 3. The molecule has 1 saturated carbocycles. The fraction of sp³-hybridized carbons (Fsp3) is 0.765. The molecule has 9 nitrogen and oxygen atoms in total. The third kappa shape index (κ3) is 4.94. The molecule has 2 unspecified atom stereocenters. The summed E-state index contributed by atoms with van der Waals surface area (Å²) in [7, 11) is 0. The van der Waals surface area contributed by atoms with Crippen LogP contribution in [0.15, 0.2) is 0 Å². The summed E-state index contributed by atoms with van der Waals surface area (Å²) in [6, 6.07) is 0. The van der Waals surface area contributed by atoms with Crippen LogP contribution in [-0.2, 0) is 23.9 Å². The van der Waals surface area contributed by atoms with Gasteiger partial charge in [-0.1, -0.05) is 13.8 Å². The first-order valence-electron chi connectivity index (χ1n) is 8.74. The van der Waals surface area contributed by atoms with E-state index in [1.54, 1.807) is 13.8 Å². The lowest BCUT2D eigenvalue weighted by molar-refractivity contribution is -0.194. The van der Waals surface area contributed by atoms with Crippen molar-refractivity contribution in [2.45, 2.75) is 58.6 Å². The van der Waals surface area contributed by atoms with Crippen LogP contribution in [0.3, 0.4) is 0 Å². The Morgan fingerprint density at radius 1 is 1.08 bits per heavy atom. The monoisotopic (exact) mass is 371 g/mol. The lowest BCUT2D eigenvalue weighted by Crippen LogP contribution is -2.76. The molecular formula is C17H29N3O6. The molecule has 1 fully saturated rings. The Balaban J connectivity index is 2.49. The minimum absolute atomic E-state index is 0.0586. The third-order valence-corrected chi connectivity index (χ3v) is 4.88. The molecule has 1 aliphatic carbocycles. The average Bonchev–Trinajstić information content (AvgIpc) is 2.55. The van der Waals surface area contributed by atoms with Gasteiger partial charge in [-0.3, -0.25) is 14.4 Å². The fourth-order valence-corrected chi connectivity index (χ4v) is 3.09. The minimum Gasteiger partial charge on any atom is -0.479 e. The highest BCUT2D eigenvalue weighted by atomic mass is 16.5. The number of ether oxygens (including phenoxy) is 1. The van der Waals surface area contributed by atoms with Crippen molar-refractivity contribution in [3.63, 3.8) is 0 Å². The van der Waals surface area contributed by atoms with Crippen molar-refractivity contribution in [1.82, 2.24) is 16.0 Å². The molecule has 4 N–H and O–H groups in total. The Kier molecular flexibility index (Phi) is 7.55. The first kappa shape index (κ1) is 21.9. The molecule has 9 heteroatoms. The van der Waals surface area contributed by atoms with Crippen LogP contribution in [0.25, 0.3) is 0 Å². The molecule has 3 amide bonds. The number of carbonyl (C=O) groups is 4. The lowest BCUT2D eigenvalue weighted by Gasteiger charge is -2.58. The molecule has 1 aliphatic rings. The smallest absolute Gasteiger partial charge is 0.330 e. The van der Waals surface area contributed by atoms with E-state index >= 15 is 0 Å². The number of amides is 3. The van der Waals surface area contributed by atoms with Gasteiger partial charge in [-0.05, 0) is 6.92 Å². The fourth-order valence-electron chi connectivity index (χ4n) is 3.09. The minimum atomic E-state index is -1.40. The molecule has 0 radical (unpaired) electrons. The highest BCUT2D eigenvalue weighted by molar-refractivity contribution is 5.91. The van der Waals surface area contributed by atoms with E-state index in [0.29, 0.717) is 13.2 Å². The van der Waals surface area contributed by atoms with Crippen LogP contribution < -0.4 is 16.0 Å². The van der Waals surface area contributed by atoms with Crippen molar-refractivity contribution in [2.75, 3.05) is 19.7 Å². The molecule has 2 atom stereocenters. The molecule has 148 valence electrons. The Morgan fingerprint density at radius 3 is 2.15 bits per heavy atom. The molecule has 0 aromatic heterocycles. The zero-order chi connectivity index (χ0) is 20.0. The molecule has 0 spiro atoms. The number of aliphatic carboxylic acids is 1. The first-order valence-corrected chi connectivity index (χ1v) is 8.74. The second kappa shape index (κ2) is 8.98. The SMILES string of the molecule is CCOC1CC(NC(=O)CCC(=O)NCCNC(C)=O)(C(=O)O)C1(C)C. The number of nitrogens with one attached hydrogen (secondary N) is 3. The second-order valence-corrected chi connectivity index (χ2v) is 6.96. The van der Waals surface area contributed by atoms with Gasteiger partial charge in [0.05, 0.1) is 6.10 Å². The maximum atomic E-state index is 12.2. The van der Waals surface area contributed by atoms with Gasteiger partial charge < -0.3 is 25.8 Å². The van der Waals surface area contributed by atoms with E-state index in [4.69, 9.17) is 4.74 Å². The molecule has 1 rings (SSSR count). The van der Waals surface area contributed by atoms with Crippen molar-refractivity contribution in [2.24, 2.45) is 5.41 Å². The quantitative estimate of drug-likeness (QED) is 0.393. The summed E-state index contributed by atoms with van der Waals surface area (Å²) in [5, 5.41) is 17.3. The van der Waals surface area contributed by atoms with Crippen LogP contribution in [0.4, 0.5) is 0 Å². The Labute approximate surface area is 153 Å². The summed E-state index contributed by atoms with van der Waals surface area (Å²) in [4.78, 5) is 46.4. The summed E-state index contributed by atoms with van der Waals surface area (Å²) in [6.45, 7) is 7.75. The first-order chi connectivity index (χ1) is 12.1. The number of carboxylic acid groups (broad SMARTS) is 1. The van der Waals surface area contributed by atoms with Crippen LogP contribution in [0, 0.1) is 5.41 Å². The van der Waals surface area contributed by atoms with E-state index in [-0.39, 0.29) is 43.7 Å². The Morgan fingerprint density at radius 2 is 1.65 bits per heavy atom.